The van der Waals surface area contributed by atoms with Gasteiger partial charge in [-0.05, 0) is 19.3 Å². The summed E-state index contributed by atoms with van der Waals surface area (Å²) in [5, 5.41) is 10.7. The number of carbonyl (C=O) groups excluding carboxylic acids is 1. The third-order valence-corrected chi connectivity index (χ3v) is 1.61. The van der Waals surface area contributed by atoms with E-state index in [1.54, 1.807) is 6.08 Å². The molecule has 0 fully saturated rings. The standard InChI is InChI=1S/C9H16N2O3/c10-9(14)11-7-5-3-1-2-4-6-8(12)13/h4,6H,1-3,5,7H2,(H,12,13)(H3,10,11,14). The predicted octanol–water partition coefficient (Wildman–Crippen LogP) is 0.856. The van der Waals surface area contributed by atoms with Crippen molar-refractivity contribution in [2.75, 3.05) is 6.54 Å². The lowest BCUT2D eigenvalue weighted by Crippen LogP contribution is -2.29. The SMILES string of the molecule is NC(=O)NCCCCCC=CC(=O)O. The van der Waals surface area contributed by atoms with Crippen LogP contribution in [0.2, 0.25) is 0 Å². The first-order chi connectivity index (χ1) is 6.63. The fourth-order valence-electron chi connectivity index (χ4n) is 0.960. The smallest absolute Gasteiger partial charge is 0.327 e. The number of nitrogens with two attached hydrogens (primary N) is 1. The highest BCUT2D eigenvalue weighted by Crippen LogP contribution is 1.99. The van der Waals surface area contributed by atoms with Crippen LogP contribution in [-0.2, 0) is 4.79 Å². The summed E-state index contributed by atoms with van der Waals surface area (Å²) in [7, 11) is 0. The van der Waals surface area contributed by atoms with Gasteiger partial charge in [-0.25, -0.2) is 9.59 Å². The number of carboxylic acid groups (broad SMARTS) is 1. The Morgan fingerprint density at radius 1 is 1.29 bits per heavy atom. The fourth-order valence-corrected chi connectivity index (χ4v) is 0.960. The van der Waals surface area contributed by atoms with E-state index in [0.29, 0.717) is 6.54 Å². The molecule has 80 valence electrons. The van der Waals surface area contributed by atoms with Gasteiger partial charge in [0.05, 0.1) is 0 Å². The summed E-state index contributed by atoms with van der Waals surface area (Å²) < 4.78 is 0. The molecule has 0 aromatic carbocycles. The van der Waals surface area contributed by atoms with Gasteiger partial charge in [0.25, 0.3) is 0 Å². The van der Waals surface area contributed by atoms with Crippen LogP contribution >= 0.6 is 0 Å². The molecule has 5 heteroatoms. The van der Waals surface area contributed by atoms with Gasteiger partial charge >= 0.3 is 12.0 Å². The monoisotopic (exact) mass is 200 g/mol. The van der Waals surface area contributed by atoms with Crippen molar-refractivity contribution >= 4 is 12.0 Å². The van der Waals surface area contributed by atoms with E-state index in [0.717, 1.165) is 31.8 Å². The normalized spacial score (nSPS) is 10.3. The molecule has 0 unspecified atom stereocenters. The number of unbranched alkanes of at least 4 members (excludes halogenated alkanes) is 3. The van der Waals surface area contributed by atoms with E-state index < -0.39 is 12.0 Å². The molecule has 0 spiro atoms. The van der Waals surface area contributed by atoms with Crippen LogP contribution in [0.15, 0.2) is 12.2 Å². The summed E-state index contributed by atoms with van der Waals surface area (Å²) >= 11 is 0. The van der Waals surface area contributed by atoms with Crippen LogP contribution in [0.5, 0.6) is 0 Å². The molecule has 14 heavy (non-hydrogen) atoms. The Hall–Kier alpha value is -1.52. The second-order valence-corrected chi connectivity index (χ2v) is 2.88. The average Bonchev–Trinajstić information content (AvgIpc) is 2.08. The second-order valence-electron chi connectivity index (χ2n) is 2.88. The van der Waals surface area contributed by atoms with Crippen molar-refractivity contribution in [1.82, 2.24) is 5.32 Å². The summed E-state index contributed by atoms with van der Waals surface area (Å²) in [4.78, 5) is 20.3. The molecule has 0 atom stereocenters. The van der Waals surface area contributed by atoms with Crippen molar-refractivity contribution in [3.8, 4) is 0 Å². The summed E-state index contributed by atoms with van der Waals surface area (Å²) in [5.41, 5.74) is 4.86. The highest BCUT2D eigenvalue weighted by atomic mass is 16.4. The molecule has 0 saturated heterocycles. The Labute approximate surface area is 83.0 Å². The number of amides is 2. The molecular weight excluding hydrogens is 184 g/mol. The van der Waals surface area contributed by atoms with Crippen LogP contribution in [-0.4, -0.2) is 23.7 Å². The van der Waals surface area contributed by atoms with Crippen LogP contribution in [0.3, 0.4) is 0 Å². The fraction of sp³-hybridized carbons (Fsp3) is 0.556. The molecule has 2 amide bonds. The molecule has 0 saturated carbocycles. The number of hydrogen-bond donors (Lipinski definition) is 3. The molecule has 4 N–H and O–H groups in total. The third-order valence-electron chi connectivity index (χ3n) is 1.61. The lowest BCUT2D eigenvalue weighted by atomic mass is 10.2. The Bertz CT molecular complexity index is 214. The molecule has 0 rings (SSSR count). The number of primary amides is 1. The van der Waals surface area contributed by atoms with E-state index in [1.807, 2.05) is 0 Å². The lowest BCUT2D eigenvalue weighted by molar-refractivity contribution is -0.131. The molecule has 0 radical (unpaired) electrons. The molecule has 0 bridgehead atoms. The zero-order chi connectivity index (χ0) is 10.8. The van der Waals surface area contributed by atoms with Gasteiger partial charge in [0.2, 0.25) is 0 Å². The second kappa shape index (κ2) is 8.10. The van der Waals surface area contributed by atoms with Crippen molar-refractivity contribution in [3.05, 3.63) is 12.2 Å². The molecular formula is C9H16N2O3. The summed E-state index contributed by atoms with van der Waals surface area (Å²) in [6.45, 7) is 0.581. The molecule has 0 aliphatic heterocycles. The van der Waals surface area contributed by atoms with Crippen LogP contribution in [0, 0.1) is 0 Å². The number of carboxylic acids is 1. The summed E-state index contributed by atoms with van der Waals surface area (Å²) in [6.07, 6.45) is 6.26. The average molecular weight is 200 g/mol. The van der Waals surface area contributed by atoms with E-state index in [1.165, 1.54) is 0 Å². The van der Waals surface area contributed by atoms with Crippen molar-refractivity contribution in [3.63, 3.8) is 0 Å². The first kappa shape index (κ1) is 12.5. The maximum Gasteiger partial charge on any atom is 0.327 e. The van der Waals surface area contributed by atoms with Gasteiger partial charge in [-0.3, -0.25) is 0 Å². The minimum absolute atomic E-state index is 0.504. The largest absolute Gasteiger partial charge is 0.478 e. The van der Waals surface area contributed by atoms with Crippen LogP contribution in [0.25, 0.3) is 0 Å². The third kappa shape index (κ3) is 10.5. The lowest BCUT2D eigenvalue weighted by Gasteiger charge is -1.99. The molecule has 0 heterocycles. The quantitative estimate of drug-likeness (QED) is 0.420. The molecule has 0 aliphatic carbocycles. The first-order valence-corrected chi connectivity index (χ1v) is 4.55. The molecule has 0 aromatic heterocycles. The number of carbonyl (C=O) groups is 2. The van der Waals surface area contributed by atoms with Crippen molar-refractivity contribution in [1.29, 1.82) is 0 Å². The van der Waals surface area contributed by atoms with Crippen LogP contribution in [0.1, 0.15) is 25.7 Å². The number of aliphatic carboxylic acids is 1. The minimum atomic E-state index is -0.916. The van der Waals surface area contributed by atoms with E-state index >= 15 is 0 Å². The number of allylic oxidation sites excluding steroid dienone is 1. The molecule has 0 aliphatic rings. The van der Waals surface area contributed by atoms with E-state index in [9.17, 15) is 9.59 Å². The van der Waals surface area contributed by atoms with E-state index in [-0.39, 0.29) is 0 Å². The highest BCUT2D eigenvalue weighted by Gasteiger charge is 1.91. The maximum absolute atomic E-state index is 10.2. The van der Waals surface area contributed by atoms with Gasteiger partial charge in [-0.1, -0.05) is 12.5 Å². The molecule has 0 aromatic rings. The van der Waals surface area contributed by atoms with Gasteiger partial charge in [-0.15, -0.1) is 0 Å². The summed E-state index contributed by atoms with van der Waals surface area (Å²) in [5.74, 6) is -0.916. The summed E-state index contributed by atoms with van der Waals surface area (Å²) in [6, 6.07) is -0.504. The highest BCUT2D eigenvalue weighted by molar-refractivity contribution is 5.79. The Morgan fingerprint density at radius 3 is 2.57 bits per heavy atom. The zero-order valence-corrected chi connectivity index (χ0v) is 8.03. The Balaban J connectivity index is 3.14. The number of nitrogens with one attached hydrogen (secondary N) is 1. The predicted molar refractivity (Wildman–Crippen MR) is 52.8 cm³/mol. The maximum atomic E-state index is 10.2. The van der Waals surface area contributed by atoms with Gasteiger partial charge in [0, 0.05) is 12.6 Å². The topological polar surface area (TPSA) is 92.4 Å². The zero-order valence-electron chi connectivity index (χ0n) is 8.03. The number of rotatable bonds is 7. The van der Waals surface area contributed by atoms with Crippen LogP contribution in [0.4, 0.5) is 4.79 Å². The Morgan fingerprint density at radius 2 is 2.00 bits per heavy atom. The number of urea groups is 1. The van der Waals surface area contributed by atoms with Crippen molar-refractivity contribution in [2.45, 2.75) is 25.7 Å². The van der Waals surface area contributed by atoms with Gasteiger partial charge in [0.1, 0.15) is 0 Å². The van der Waals surface area contributed by atoms with Gasteiger partial charge in [-0.2, -0.15) is 0 Å². The molecule has 5 nitrogen and oxygen atoms in total. The van der Waals surface area contributed by atoms with Crippen LogP contribution < -0.4 is 11.1 Å². The van der Waals surface area contributed by atoms with E-state index in [4.69, 9.17) is 10.8 Å². The Kier molecular flexibility index (Phi) is 7.22. The minimum Gasteiger partial charge on any atom is -0.478 e. The van der Waals surface area contributed by atoms with Crippen molar-refractivity contribution in [2.24, 2.45) is 5.73 Å². The first-order valence-electron chi connectivity index (χ1n) is 4.55. The van der Waals surface area contributed by atoms with Crippen molar-refractivity contribution < 1.29 is 14.7 Å². The van der Waals surface area contributed by atoms with E-state index in [2.05, 4.69) is 5.32 Å². The van der Waals surface area contributed by atoms with Gasteiger partial charge in [0.15, 0.2) is 0 Å². The van der Waals surface area contributed by atoms with Gasteiger partial charge < -0.3 is 16.2 Å². The number of hydrogen-bond acceptors (Lipinski definition) is 2.